The third-order valence-corrected chi connectivity index (χ3v) is 3.35. The molecule has 1 amide bonds. The van der Waals surface area contributed by atoms with Crippen molar-refractivity contribution in [3.05, 3.63) is 58.1 Å². The van der Waals surface area contributed by atoms with E-state index < -0.39 is 0 Å². The lowest BCUT2D eigenvalue weighted by Gasteiger charge is -2.18. The SMILES string of the molecule is CN(C(=O)c1c(Cl)cccc1Cl)c1ccc(O)cc1. The van der Waals surface area contributed by atoms with Gasteiger partial charge < -0.3 is 10.0 Å². The van der Waals surface area contributed by atoms with Crippen LogP contribution in [0, 0.1) is 0 Å². The second-order valence-corrected chi connectivity index (χ2v) is 4.79. The number of nitrogens with zero attached hydrogens (tertiary/aromatic N) is 1. The third-order valence-electron chi connectivity index (χ3n) is 2.72. The molecule has 0 aliphatic rings. The first-order valence-corrected chi connectivity index (χ1v) is 6.27. The van der Waals surface area contributed by atoms with Crippen molar-refractivity contribution in [1.82, 2.24) is 0 Å². The summed E-state index contributed by atoms with van der Waals surface area (Å²) in [5.74, 6) is -0.165. The second-order valence-electron chi connectivity index (χ2n) is 3.98. The maximum atomic E-state index is 12.4. The zero-order valence-corrected chi connectivity index (χ0v) is 11.6. The van der Waals surface area contributed by atoms with Crippen molar-refractivity contribution in [2.75, 3.05) is 11.9 Å². The van der Waals surface area contributed by atoms with E-state index in [4.69, 9.17) is 23.2 Å². The highest BCUT2D eigenvalue weighted by Gasteiger charge is 2.19. The van der Waals surface area contributed by atoms with Gasteiger partial charge in [-0.15, -0.1) is 0 Å². The van der Waals surface area contributed by atoms with Crippen LogP contribution in [-0.4, -0.2) is 18.1 Å². The smallest absolute Gasteiger partial charge is 0.261 e. The highest BCUT2D eigenvalue weighted by atomic mass is 35.5. The predicted octanol–water partition coefficient (Wildman–Crippen LogP) is 3.98. The van der Waals surface area contributed by atoms with Crippen LogP contribution in [0.25, 0.3) is 0 Å². The summed E-state index contributed by atoms with van der Waals surface area (Å²) >= 11 is 12.0. The highest BCUT2D eigenvalue weighted by Crippen LogP contribution is 2.27. The maximum absolute atomic E-state index is 12.4. The van der Waals surface area contributed by atoms with Gasteiger partial charge in [-0.2, -0.15) is 0 Å². The minimum atomic E-state index is -0.304. The van der Waals surface area contributed by atoms with Gasteiger partial charge >= 0.3 is 0 Å². The first-order chi connectivity index (χ1) is 9.00. The van der Waals surface area contributed by atoms with E-state index in [0.29, 0.717) is 15.7 Å². The number of halogens is 2. The molecule has 0 radical (unpaired) electrons. The number of anilines is 1. The number of amides is 1. The molecule has 0 saturated heterocycles. The number of phenols is 1. The van der Waals surface area contributed by atoms with E-state index in [1.54, 1.807) is 37.4 Å². The minimum Gasteiger partial charge on any atom is -0.508 e. The molecule has 5 heteroatoms. The molecule has 0 aliphatic carbocycles. The van der Waals surface area contributed by atoms with Crippen molar-refractivity contribution in [3.8, 4) is 5.75 Å². The van der Waals surface area contributed by atoms with E-state index in [9.17, 15) is 9.90 Å². The molecule has 2 rings (SSSR count). The van der Waals surface area contributed by atoms with Crippen LogP contribution in [0.5, 0.6) is 5.75 Å². The van der Waals surface area contributed by atoms with Crippen LogP contribution >= 0.6 is 23.2 Å². The zero-order chi connectivity index (χ0) is 14.0. The lowest BCUT2D eigenvalue weighted by molar-refractivity contribution is 0.0993. The molecule has 19 heavy (non-hydrogen) atoms. The van der Waals surface area contributed by atoms with Gasteiger partial charge in [0.25, 0.3) is 5.91 Å². The molecule has 98 valence electrons. The van der Waals surface area contributed by atoms with Gasteiger partial charge in [0.2, 0.25) is 0 Å². The first kappa shape index (κ1) is 13.7. The fraction of sp³-hybridized carbons (Fsp3) is 0.0714. The summed E-state index contributed by atoms with van der Waals surface area (Å²) in [6, 6.07) is 11.2. The highest BCUT2D eigenvalue weighted by molar-refractivity contribution is 6.40. The molecule has 0 spiro atoms. The normalized spacial score (nSPS) is 10.3. The molecule has 0 atom stereocenters. The molecule has 0 bridgehead atoms. The van der Waals surface area contributed by atoms with Crippen molar-refractivity contribution in [3.63, 3.8) is 0 Å². The van der Waals surface area contributed by atoms with Crippen LogP contribution in [0.2, 0.25) is 10.0 Å². The van der Waals surface area contributed by atoms with Gasteiger partial charge in [-0.1, -0.05) is 29.3 Å². The van der Waals surface area contributed by atoms with Gasteiger partial charge in [0.05, 0.1) is 15.6 Å². The van der Waals surface area contributed by atoms with Crippen molar-refractivity contribution in [1.29, 1.82) is 0 Å². The average Bonchev–Trinajstić information content (AvgIpc) is 2.38. The molecule has 2 aromatic rings. The molecule has 2 aromatic carbocycles. The minimum absolute atomic E-state index is 0.139. The topological polar surface area (TPSA) is 40.5 Å². The molecule has 0 heterocycles. The van der Waals surface area contributed by atoms with Crippen LogP contribution in [0.3, 0.4) is 0 Å². The number of hydrogen-bond acceptors (Lipinski definition) is 2. The van der Waals surface area contributed by atoms with Crippen molar-refractivity contribution in [2.45, 2.75) is 0 Å². The summed E-state index contributed by atoms with van der Waals surface area (Å²) in [4.78, 5) is 13.8. The van der Waals surface area contributed by atoms with Crippen LogP contribution < -0.4 is 4.90 Å². The van der Waals surface area contributed by atoms with E-state index in [1.807, 2.05) is 0 Å². The fourth-order valence-electron chi connectivity index (χ4n) is 1.66. The number of carbonyl (C=O) groups is 1. The molecule has 0 saturated carbocycles. The monoisotopic (exact) mass is 295 g/mol. The Bertz CT molecular complexity index is 591. The molecule has 0 fully saturated rings. The Morgan fingerprint density at radius 1 is 1.05 bits per heavy atom. The fourth-order valence-corrected chi connectivity index (χ4v) is 2.22. The zero-order valence-electron chi connectivity index (χ0n) is 10.1. The maximum Gasteiger partial charge on any atom is 0.261 e. The molecule has 0 aromatic heterocycles. The summed E-state index contributed by atoms with van der Waals surface area (Å²) in [7, 11) is 1.62. The number of aromatic hydroxyl groups is 1. The largest absolute Gasteiger partial charge is 0.508 e. The van der Waals surface area contributed by atoms with Crippen LogP contribution in [-0.2, 0) is 0 Å². The van der Waals surface area contributed by atoms with Gasteiger partial charge in [0, 0.05) is 12.7 Å². The molecular weight excluding hydrogens is 285 g/mol. The van der Waals surface area contributed by atoms with E-state index >= 15 is 0 Å². The van der Waals surface area contributed by atoms with Crippen molar-refractivity contribution < 1.29 is 9.90 Å². The number of carbonyl (C=O) groups excluding carboxylic acids is 1. The van der Waals surface area contributed by atoms with Gasteiger partial charge in [-0.3, -0.25) is 4.79 Å². The lowest BCUT2D eigenvalue weighted by Crippen LogP contribution is -2.26. The van der Waals surface area contributed by atoms with Gasteiger partial charge in [-0.05, 0) is 36.4 Å². The van der Waals surface area contributed by atoms with E-state index in [2.05, 4.69) is 0 Å². The third kappa shape index (κ3) is 2.83. The van der Waals surface area contributed by atoms with Crippen molar-refractivity contribution in [2.24, 2.45) is 0 Å². The summed E-state index contributed by atoms with van der Waals surface area (Å²) in [6.45, 7) is 0. The lowest BCUT2D eigenvalue weighted by atomic mass is 10.2. The molecule has 1 N–H and O–H groups in total. The standard InChI is InChI=1S/C14H11Cl2NO2/c1-17(9-5-7-10(18)8-6-9)14(19)13-11(15)3-2-4-12(13)16/h2-8,18H,1H3. The Morgan fingerprint density at radius 3 is 2.11 bits per heavy atom. The van der Waals surface area contributed by atoms with Gasteiger partial charge in [0.1, 0.15) is 5.75 Å². The predicted molar refractivity (Wildman–Crippen MR) is 77.3 cm³/mol. The Morgan fingerprint density at radius 2 is 1.58 bits per heavy atom. The molecular formula is C14H11Cl2NO2. The molecule has 0 aliphatic heterocycles. The summed E-state index contributed by atoms with van der Waals surface area (Å²) in [5.41, 5.74) is 0.903. The first-order valence-electron chi connectivity index (χ1n) is 5.52. The van der Waals surface area contributed by atoms with Crippen LogP contribution in [0.15, 0.2) is 42.5 Å². The number of benzene rings is 2. The Kier molecular flexibility index (Phi) is 3.98. The second kappa shape index (κ2) is 5.51. The van der Waals surface area contributed by atoms with Crippen LogP contribution in [0.4, 0.5) is 5.69 Å². The van der Waals surface area contributed by atoms with E-state index in [0.717, 1.165) is 0 Å². The summed E-state index contributed by atoms with van der Waals surface area (Å²) in [5, 5.41) is 9.85. The van der Waals surface area contributed by atoms with Crippen LogP contribution in [0.1, 0.15) is 10.4 Å². The average molecular weight is 296 g/mol. The molecule has 3 nitrogen and oxygen atoms in total. The van der Waals surface area contributed by atoms with E-state index in [-0.39, 0.29) is 17.2 Å². The number of phenolic OH excluding ortho intramolecular Hbond substituents is 1. The van der Waals surface area contributed by atoms with Crippen molar-refractivity contribution >= 4 is 34.8 Å². The quantitative estimate of drug-likeness (QED) is 0.910. The Balaban J connectivity index is 2.36. The summed E-state index contributed by atoms with van der Waals surface area (Å²) < 4.78 is 0. The van der Waals surface area contributed by atoms with E-state index in [1.165, 1.54) is 17.0 Å². The number of hydrogen-bond donors (Lipinski definition) is 1. The summed E-state index contributed by atoms with van der Waals surface area (Å²) in [6.07, 6.45) is 0. The number of rotatable bonds is 2. The molecule has 0 unspecified atom stereocenters. The Labute approximate surface area is 121 Å². The van der Waals surface area contributed by atoms with Gasteiger partial charge in [0.15, 0.2) is 0 Å². The Hall–Kier alpha value is -1.71. The van der Waals surface area contributed by atoms with Gasteiger partial charge in [-0.25, -0.2) is 0 Å².